The van der Waals surface area contributed by atoms with Crippen LogP contribution in [0.5, 0.6) is 0 Å². The number of rotatable bonds is 4. The first-order valence-corrected chi connectivity index (χ1v) is 6.79. The number of amides is 1. The summed E-state index contributed by atoms with van der Waals surface area (Å²) in [5.74, 6) is 0.322. The first-order valence-electron chi connectivity index (χ1n) is 6.79. The Morgan fingerprint density at radius 3 is 2.52 bits per heavy atom. The van der Waals surface area contributed by atoms with Crippen LogP contribution in [-0.4, -0.2) is 37.7 Å². The van der Waals surface area contributed by atoms with Crippen molar-refractivity contribution in [3.63, 3.8) is 0 Å². The van der Waals surface area contributed by atoms with Crippen molar-refractivity contribution in [1.82, 2.24) is 25.5 Å². The summed E-state index contributed by atoms with van der Waals surface area (Å²) in [6, 6.07) is 9.05. The van der Waals surface area contributed by atoms with Crippen molar-refractivity contribution in [1.29, 1.82) is 0 Å². The van der Waals surface area contributed by atoms with Crippen molar-refractivity contribution in [3.8, 4) is 5.69 Å². The van der Waals surface area contributed by atoms with E-state index in [1.165, 1.54) is 0 Å². The lowest BCUT2D eigenvalue weighted by molar-refractivity contribution is -0.122. The van der Waals surface area contributed by atoms with Gasteiger partial charge in [0.2, 0.25) is 11.9 Å². The van der Waals surface area contributed by atoms with Crippen LogP contribution in [0.25, 0.3) is 5.69 Å². The molecular formula is C14H20N6O. The molecule has 1 heterocycles. The summed E-state index contributed by atoms with van der Waals surface area (Å²) in [5, 5.41) is 17.4. The molecule has 0 saturated carbocycles. The Morgan fingerprint density at radius 2 is 1.90 bits per heavy atom. The quantitative estimate of drug-likeness (QED) is 0.887. The second kappa shape index (κ2) is 5.90. The molecule has 0 bridgehead atoms. The minimum atomic E-state index is -0.447. The molecule has 7 nitrogen and oxygen atoms in total. The van der Waals surface area contributed by atoms with Gasteiger partial charge in [-0.2, -0.15) is 4.68 Å². The zero-order valence-corrected chi connectivity index (χ0v) is 12.7. The van der Waals surface area contributed by atoms with Gasteiger partial charge in [-0.1, -0.05) is 23.3 Å². The predicted octanol–water partition coefficient (Wildman–Crippen LogP) is 1.38. The molecule has 0 aliphatic rings. The summed E-state index contributed by atoms with van der Waals surface area (Å²) in [4.78, 5) is 12.1. The van der Waals surface area contributed by atoms with Crippen LogP contribution in [0.4, 0.5) is 5.95 Å². The van der Waals surface area contributed by atoms with E-state index in [0.29, 0.717) is 5.95 Å². The van der Waals surface area contributed by atoms with E-state index in [9.17, 15) is 4.79 Å². The maximum absolute atomic E-state index is 12.1. The van der Waals surface area contributed by atoms with Crippen molar-refractivity contribution in [2.75, 3.05) is 5.32 Å². The largest absolute Gasteiger partial charge is 0.350 e. The predicted molar refractivity (Wildman–Crippen MR) is 80.1 cm³/mol. The fourth-order valence-electron chi connectivity index (χ4n) is 1.76. The van der Waals surface area contributed by atoms with Gasteiger partial charge >= 0.3 is 0 Å². The van der Waals surface area contributed by atoms with Gasteiger partial charge in [-0.05, 0) is 50.3 Å². The average molecular weight is 288 g/mol. The number of nitrogens with one attached hydrogen (secondary N) is 2. The molecule has 1 aromatic heterocycles. The van der Waals surface area contributed by atoms with Crippen LogP contribution in [0, 0.1) is 0 Å². The topological polar surface area (TPSA) is 84.7 Å². The Labute approximate surface area is 123 Å². The minimum Gasteiger partial charge on any atom is -0.350 e. The van der Waals surface area contributed by atoms with Crippen molar-refractivity contribution in [2.45, 2.75) is 39.3 Å². The van der Waals surface area contributed by atoms with Gasteiger partial charge in [-0.15, -0.1) is 0 Å². The molecular weight excluding hydrogens is 268 g/mol. The van der Waals surface area contributed by atoms with Gasteiger partial charge in [-0.25, -0.2) is 0 Å². The number of hydrogen-bond acceptors (Lipinski definition) is 5. The van der Waals surface area contributed by atoms with Gasteiger partial charge in [0.05, 0.1) is 5.69 Å². The Morgan fingerprint density at radius 1 is 1.24 bits per heavy atom. The second-order valence-electron chi connectivity index (χ2n) is 5.86. The molecule has 1 atom stereocenters. The summed E-state index contributed by atoms with van der Waals surface area (Å²) in [6.45, 7) is 7.58. The van der Waals surface area contributed by atoms with Gasteiger partial charge in [-0.3, -0.25) is 4.79 Å². The Kier molecular flexibility index (Phi) is 4.21. The lowest BCUT2D eigenvalue weighted by atomic mass is 10.1. The molecule has 1 amide bonds. The highest BCUT2D eigenvalue weighted by Gasteiger charge is 2.21. The Hall–Kier alpha value is -2.44. The highest BCUT2D eigenvalue weighted by molar-refractivity contribution is 5.84. The molecule has 112 valence electrons. The lowest BCUT2D eigenvalue weighted by Gasteiger charge is -2.23. The van der Waals surface area contributed by atoms with E-state index in [1.54, 1.807) is 11.6 Å². The molecule has 0 aliphatic heterocycles. The maximum Gasteiger partial charge on any atom is 0.248 e. The fraction of sp³-hybridized carbons (Fsp3) is 0.429. The van der Waals surface area contributed by atoms with E-state index in [2.05, 4.69) is 26.2 Å². The Bertz CT molecular complexity index is 601. The number of carbonyl (C=O) groups excluding carboxylic acids is 1. The molecule has 2 aromatic rings. The SMILES string of the molecule is CC(Nc1nnnn1-c1ccccc1)C(=O)NC(C)(C)C. The number of nitrogens with zero attached hydrogens (tertiary/aromatic N) is 4. The normalized spacial score (nSPS) is 12.8. The van der Waals surface area contributed by atoms with Crippen LogP contribution in [0.1, 0.15) is 27.7 Å². The van der Waals surface area contributed by atoms with Crippen LogP contribution in [0.15, 0.2) is 30.3 Å². The maximum atomic E-state index is 12.1. The number of para-hydroxylation sites is 1. The number of benzene rings is 1. The molecule has 0 aliphatic carbocycles. The summed E-state index contributed by atoms with van der Waals surface area (Å²) in [6.07, 6.45) is 0. The molecule has 7 heteroatoms. The van der Waals surface area contributed by atoms with Crippen LogP contribution in [0.3, 0.4) is 0 Å². The molecule has 1 aromatic carbocycles. The number of anilines is 1. The van der Waals surface area contributed by atoms with Crippen molar-refractivity contribution in [3.05, 3.63) is 30.3 Å². The second-order valence-corrected chi connectivity index (χ2v) is 5.86. The zero-order valence-electron chi connectivity index (χ0n) is 12.7. The number of aromatic nitrogens is 4. The van der Waals surface area contributed by atoms with Gasteiger partial charge < -0.3 is 10.6 Å². The van der Waals surface area contributed by atoms with Gasteiger partial charge in [0, 0.05) is 5.54 Å². The van der Waals surface area contributed by atoms with Crippen LogP contribution >= 0.6 is 0 Å². The summed E-state index contributed by atoms with van der Waals surface area (Å²) in [7, 11) is 0. The summed E-state index contributed by atoms with van der Waals surface area (Å²) in [5.41, 5.74) is 0.548. The highest BCUT2D eigenvalue weighted by Crippen LogP contribution is 2.11. The lowest BCUT2D eigenvalue weighted by Crippen LogP contribution is -2.47. The van der Waals surface area contributed by atoms with E-state index in [-0.39, 0.29) is 11.4 Å². The summed E-state index contributed by atoms with van der Waals surface area (Å²) < 4.78 is 1.56. The van der Waals surface area contributed by atoms with Crippen LogP contribution < -0.4 is 10.6 Å². The van der Waals surface area contributed by atoms with Gasteiger partial charge in [0.15, 0.2) is 0 Å². The van der Waals surface area contributed by atoms with E-state index in [1.807, 2.05) is 51.1 Å². The van der Waals surface area contributed by atoms with E-state index in [4.69, 9.17) is 0 Å². The fourth-order valence-corrected chi connectivity index (χ4v) is 1.76. The molecule has 0 saturated heterocycles. The molecule has 2 rings (SSSR count). The van der Waals surface area contributed by atoms with Crippen molar-refractivity contribution < 1.29 is 4.79 Å². The van der Waals surface area contributed by atoms with Crippen molar-refractivity contribution in [2.24, 2.45) is 0 Å². The third kappa shape index (κ3) is 4.01. The smallest absolute Gasteiger partial charge is 0.248 e. The number of tetrazole rings is 1. The van der Waals surface area contributed by atoms with Gasteiger partial charge in [0.1, 0.15) is 6.04 Å². The molecule has 0 radical (unpaired) electrons. The van der Waals surface area contributed by atoms with E-state index >= 15 is 0 Å². The number of hydrogen-bond donors (Lipinski definition) is 2. The molecule has 21 heavy (non-hydrogen) atoms. The third-order valence-corrected chi connectivity index (χ3v) is 2.71. The first-order chi connectivity index (χ1) is 9.87. The molecule has 2 N–H and O–H groups in total. The standard InChI is InChI=1S/C14H20N6O/c1-10(12(21)16-14(2,3)4)15-13-17-18-19-20(13)11-8-6-5-7-9-11/h5-10H,1-4H3,(H,16,21)(H,15,17,19). The molecule has 0 fully saturated rings. The monoisotopic (exact) mass is 288 g/mol. The molecule has 0 spiro atoms. The molecule has 1 unspecified atom stereocenters. The number of carbonyl (C=O) groups is 1. The first kappa shape index (κ1) is 15.0. The summed E-state index contributed by atoms with van der Waals surface area (Å²) >= 11 is 0. The third-order valence-electron chi connectivity index (χ3n) is 2.71. The van der Waals surface area contributed by atoms with Crippen molar-refractivity contribution >= 4 is 11.9 Å². The highest BCUT2D eigenvalue weighted by atomic mass is 16.2. The Balaban J connectivity index is 2.11. The van der Waals surface area contributed by atoms with E-state index in [0.717, 1.165) is 5.69 Å². The minimum absolute atomic E-state index is 0.106. The van der Waals surface area contributed by atoms with E-state index < -0.39 is 6.04 Å². The average Bonchev–Trinajstić information content (AvgIpc) is 2.86. The van der Waals surface area contributed by atoms with Crippen LogP contribution in [0.2, 0.25) is 0 Å². The van der Waals surface area contributed by atoms with Crippen LogP contribution in [-0.2, 0) is 4.79 Å². The van der Waals surface area contributed by atoms with Gasteiger partial charge in [0.25, 0.3) is 0 Å². The zero-order chi connectivity index (χ0) is 15.5.